The molecule has 230 valence electrons. The molecule has 0 aliphatic carbocycles. The Kier molecular flexibility index (Phi) is 17.9. The number of aliphatic hydroxyl groups excluding tert-OH is 1. The average molecular weight is 578 g/mol. The molecule has 2 aromatic carbocycles. The monoisotopic (exact) mass is 577 g/mol. The zero-order valence-electron chi connectivity index (χ0n) is 26.5. The Bertz CT molecular complexity index is 1060. The molecule has 0 unspecified atom stereocenters. The molecule has 0 aliphatic heterocycles. The lowest BCUT2D eigenvalue weighted by Crippen LogP contribution is -2.41. The van der Waals surface area contributed by atoms with Gasteiger partial charge in [-0.3, -0.25) is 4.55 Å². The van der Waals surface area contributed by atoms with E-state index in [1.54, 1.807) is 6.07 Å². The summed E-state index contributed by atoms with van der Waals surface area (Å²) < 4.78 is 33.9. The van der Waals surface area contributed by atoms with Gasteiger partial charge < -0.3 is 10.0 Å². The van der Waals surface area contributed by atoms with Crippen molar-refractivity contribution in [1.29, 1.82) is 0 Å². The predicted octanol–water partition coefficient (Wildman–Crippen LogP) is 8.99. The molecule has 0 atom stereocenters. The van der Waals surface area contributed by atoms with Crippen molar-refractivity contribution in [3.05, 3.63) is 41.5 Å². The number of fused-ring (bicyclic) bond motifs is 1. The van der Waals surface area contributed by atoms with Crippen LogP contribution in [0, 0.1) is 0 Å². The van der Waals surface area contributed by atoms with Gasteiger partial charge in [0.05, 0.1) is 6.61 Å². The Morgan fingerprint density at radius 3 is 1.57 bits per heavy atom. The van der Waals surface area contributed by atoms with Gasteiger partial charge in [0.25, 0.3) is 10.1 Å². The van der Waals surface area contributed by atoms with Crippen LogP contribution >= 0.6 is 0 Å². The van der Waals surface area contributed by atoms with Gasteiger partial charge in [-0.25, -0.2) is 0 Å². The van der Waals surface area contributed by atoms with Gasteiger partial charge in [0, 0.05) is 10.9 Å². The van der Waals surface area contributed by atoms with E-state index in [1.165, 1.54) is 89.0 Å². The van der Waals surface area contributed by atoms with Crippen molar-refractivity contribution in [2.75, 3.05) is 20.7 Å². The normalized spacial score (nSPS) is 12.1. The first-order valence-electron chi connectivity index (χ1n) is 15.8. The zero-order chi connectivity index (χ0) is 30.0. The highest BCUT2D eigenvalue weighted by molar-refractivity contribution is 7.86. The molecule has 2 rings (SSSR count). The molecule has 0 fully saturated rings. The third kappa shape index (κ3) is 14.4. The van der Waals surface area contributed by atoms with Crippen LogP contribution in [0.1, 0.15) is 129 Å². The standard InChI is InChI=1S/C28H44O3S.C6H15NO/c1-3-5-7-9-11-13-15-17-24-19-20-27-26(21-24)22-25(23-28(27)32(29,30)31)18-16-14-12-10-8-6-4-2;1-6(2,5-8)7(3)4/h19-23H,3-18H2,1-2H3,(H,29,30,31);8H,5H2,1-4H3. The van der Waals surface area contributed by atoms with Crippen molar-refractivity contribution in [1.82, 2.24) is 4.90 Å². The minimum absolute atomic E-state index is 0.0513. The van der Waals surface area contributed by atoms with Gasteiger partial charge >= 0.3 is 0 Å². The van der Waals surface area contributed by atoms with E-state index in [0.717, 1.165) is 30.2 Å². The molecule has 0 bridgehead atoms. The number of unbranched alkanes of at least 4 members (excludes halogenated alkanes) is 12. The molecular formula is C34H59NO4S. The molecule has 40 heavy (non-hydrogen) atoms. The lowest BCUT2D eigenvalue weighted by atomic mass is 9.98. The lowest BCUT2D eigenvalue weighted by molar-refractivity contribution is 0.100. The summed E-state index contributed by atoms with van der Waals surface area (Å²) in [6.45, 7) is 8.67. The van der Waals surface area contributed by atoms with Crippen molar-refractivity contribution < 1.29 is 18.1 Å². The average Bonchev–Trinajstić information content (AvgIpc) is 2.91. The fourth-order valence-electron chi connectivity index (χ4n) is 4.67. The van der Waals surface area contributed by atoms with E-state index >= 15 is 0 Å². The number of nitrogens with zero attached hydrogens (tertiary/aromatic N) is 1. The Labute approximate surface area is 246 Å². The minimum Gasteiger partial charge on any atom is -0.394 e. The number of hydrogen-bond donors (Lipinski definition) is 2. The van der Waals surface area contributed by atoms with Crippen LogP contribution in [0.4, 0.5) is 0 Å². The Hall–Kier alpha value is -1.47. The molecule has 2 N–H and O–H groups in total. The van der Waals surface area contributed by atoms with Gasteiger partial charge in [0.2, 0.25) is 0 Å². The van der Waals surface area contributed by atoms with Crippen LogP contribution in [0.5, 0.6) is 0 Å². The van der Waals surface area contributed by atoms with Crippen LogP contribution in [0.3, 0.4) is 0 Å². The largest absolute Gasteiger partial charge is 0.394 e. The Balaban J connectivity index is 0.000000869. The van der Waals surface area contributed by atoms with Crippen LogP contribution in [0.25, 0.3) is 10.8 Å². The van der Waals surface area contributed by atoms with E-state index in [-0.39, 0.29) is 17.0 Å². The summed E-state index contributed by atoms with van der Waals surface area (Å²) in [6, 6.07) is 9.80. The van der Waals surface area contributed by atoms with Crippen molar-refractivity contribution in [3.8, 4) is 0 Å². The molecule has 5 nitrogen and oxygen atoms in total. The maximum atomic E-state index is 12.0. The summed E-state index contributed by atoms with van der Waals surface area (Å²) in [4.78, 5) is 2.04. The van der Waals surface area contributed by atoms with Crippen LogP contribution in [0.2, 0.25) is 0 Å². The number of aryl methyl sites for hydroxylation is 2. The van der Waals surface area contributed by atoms with Gasteiger partial charge in [0.1, 0.15) is 4.90 Å². The fourth-order valence-corrected chi connectivity index (χ4v) is 5.43. The van der Waals surface area contributed by atoms with Crippen molar-refractivity contribution >= 4 is 20.9 Å². The first-order valence-corrected chi connectivity index (χ1v) is 17.2. The summed E-state index contributed by atoms with van der Waals surface area (Å²) in [6.07, 6.45) is 19.5. The lowest BCUT2D eigenvalue weighted by Gasteiger charge is -2.29. The second-order valence-electron chi connectivity index (χ2n) is 12.2. The van der Waals surface area contributed by atoms with Gasteiger partial charge in [-0.1, -0.05) is 115 Å². The number of likely N-dealkylation sites (N-methyl/N-ethyl adjacent to an activating group) is 1. The van der Waals surface area contributed by atoms with E-state index in [1.807, 2.05) is 45.0 Å². The second-order valence-corrected chi connectivity index (χ2v) is 13.6. The molecule has 0 saturated carbocycles. The van der Waals surface area contributed by atoms with Crippen molar-refractivity contribution in [3.63, 3.8) is 0 Å². The summed E-state index contributed by atoms with van der Waals surface area (Å²) in [5.74, 6) is 0. The highest BCUT2D eigenvalue weighted by Crippen LogP contribution is 2.28. The van der Waals surface area contributed by atoms with Crippen LogP contribution in [-0.2, 0) is 23.0 Å². The van der Waals surface area contributed by atoms with Gasteiger partial charge in [-0.15, -0.1) is 0 Å². The molecule has 0 saturated heterocycles. The summed E-state index contributed by atoms with van der Waals surface area (Å²) in [5, 5.41) is 10.3. The summed E-state index contributed by atoms with van der Waals surface area (Å²) in [5.41, 5.74) is 2.19. The van der Waals surface area contributed by atoms with E-state index < -0.39 is 10.1 Å². The quantitative estimate of drug-likeness (QED) is 0.129. The number of aliphatic hydroxyl groups is 1. The third-order valence-corrected chi connectivity index (χ3v) is 8.95. The molecule has 0 amide bonds. The third-order valence-electron chi connectivity index (χ3n) is 8.05. The number of hydrogen-bond acceptors (Lipinski definition) is 4. The van der Waals surface area contributed by atoms with Gasteiger partial charge in [0.15, 0.2) is 0 Å². The Morgan fingerprint density at radius 1 is 0.700 bits per heavy atom. The molecule has 2 aromatic rings. The molecule has 0 radical (unpaired) electrons. The maximum Gasteiger partial charge on any atom is 0.295 e. The molecule has 6 heteroatoms. The molecule has 0 heterocycles. The SMILES string of the molecule is CCCCCCCCCc1ccc2c(S(=O)(=O)O)cc(CCCCCCCCC)cc2c1.CN(C)C(C)(C)CO. The summed E-state index contributed by atoms with van der Waals surface area (Å²) in [7, 11) is -0.333. The highest BCUT2D eigenvalue weighted by Gasteiger charge is 2.18. The first-order chi connectivity index (χ1) is 19.0. The topological polar surface area (TPSA) is 77.8 Å². The number of rotatable bonds is 19. The zero-order valence-corrected chi connectivity index (χ0v) is 27.3. The number of benzene rings is 2. The van der Waals surface area contributed by atoms with E-state index in [4.69, 9.17) is 5.11 Å². The Morgan fingerprint density at radius 2 is 1.15 bits per heavy atom. The van der Waals surface area contributed by atoms with Crippen molar-refractivity contribution in [2.45, 2.75) is 141 Å². The minimum atomic E-state index is -4.24. The van der Waals surface area contributed by atoms with Crippen LogP contribution in [0.15, 0.2) is 35.2 Å². The second kappa shape index (κ2) is 19.6. The van der Waals surface area contributed by atoms with E-state index in [2.05, 4.69) is 26.0 Å². The first kappa shape index (κ1) is 36.6. The van der Waals surface area contributed by atoms with E-state index in [0.29, 0.717) is 5.39 Å². The molecule has 0 aliphatic rings. The maximum absolute atomic E-state index is 12.0. The van der Waals surface area contributed by atoms with Crippen LogP contribution in [-0.4, -0.2) is 49.2 Å². The fraction of sp³-hybridized carbons (Fsp3) is 0.706. The van der Waals surface area contributed by atoms with Crippen molar-refractivity contribution in [2.24, 2.45) is 0 Å². The molecular weight excluding hydrogens is 518 g/mol. The predicted molar refractivity (Wildman–Crippen MR) is 172 cm³/mol. The highest BCUT2D eigenvalue weighted by atomic mass is 32.2. The van der Waals surface area contributed by atoms with Gasteiger partial charge in [-0.2, -0.15) is 8.42 Å². The smallest absolute Gasteiger partial charge is 0.295 e. The van der Waals surface area contributed by atoms with E-state index in [9.17, 15) is 13.0 Å². The van der Waals surface area contributed by atoms with Gasteiger partial charge in [-0.05, 0) is 76.2 Å². The molecule has 0 aromatic heterocycles. The molecule has 0 spiro atoms. The van der Waals surface area contributed by atoms with Crippen LogP contribution < -0.4 is 0 Å². The summed E-state index contributed by atoms with van der Waals surface area (Å²) >= 11 is 0.